The third kappa shape index (κ3) is 4.06. The second-order valence-electron chi connectivity index (χ2n) is 5.96. The summed E-state index contributed by atoms with van der Waals surface area (Å²) in [4.78, 5) is 12.3. The van der Waals surface area contributed by atoms with E-state index in [0.717, 1.165) is 12.8 Å². The fourth-order valence-electron chi connectivity index (χ4n) is 2.75. The molecule has 0 aromatic heterocycles. The van der Waals surface area contributed by atoms with E-state index < -0.39 is 21.8 Å². The van der Waals surface area contributed by atoms with E-state index in [9.17, 15) is 17.6 Å². The third-order valence-corrected chi connectivity index (χ3v) is 6.34. The number of esters is 1. The molecule has 0 atom stereocenters. The van der Waals surface area contributed by atoms with Crippen molar-refractivity contribution in [3.05, 3.63) is 64.4 Å². The van der Waals surface area contributed by atoms with Gasteiger partial charge in [0.05, 0.1) is 15.5 Å². The fraction of sp³-hybridized carbons (Fsp3) is 0.278. The van der Waals surface area contributed by atoms with Crippen molar-refractivity contribution in [2.24, 2.45) is 0 Å². The van der Waals surface area contributed by atoms with E-state index in [1.54, 1.807) is 6.07 Å². The van der Waals surface area contributed by atoms with Crippen LogP contribution in [0, 0.1) is 5.82 Å². The Morgan fingerprint density at radius 1 is 1.15 bits per heavy atom. The average Bonchev–Trinajstić information content (AvgIpc) is 3.15. The van der Waals surface area contributed by atoms with Crippen molar-refractivity contribution in [2.75, 3.05) is 13.1 Å². The van der Waals surface area contributed by atoms with Crippen molar-refractivity contribution in [1.29, 1.82) is 0 Å². The highest BCUT2D eigenvalue weighted by Crippen LogP contribution is 2.26. The van der Waals surface area contributed by atoms with Crippen molar-refractivity contribution >= 4 is 27.6 Å². The molecule has 0 N–H and O–H groups in total. The van der Waals surface area contributed by atoms with Gasteiger partial charge in [-0.25, -0.2) is 17.6 Å². The van der Waals surface area contributed by atoms with Gasteiger partial charge in [0.1, 0.15) is 12.4 Å². The number of halogens is 2. The number of nitrogens with zero attached hydrogens (tertiary/aromatic N) is 1. The van der Waals surface area contributed by atoms with Gasteiger partial charge < -0.3 is 4.74 Å². The molecule has 1 saturated heterocycles. The summed E-state index contributed by atoms with van der Waals surface area (Å²) in [6.07, 6.45) is 1.63. The van der Waals surface area contributed by atoms with E-state index in [4.69, 9.17) is 16.3 Å². The molecule has 0 spiro atoms. The molecule has 0 saturated carbocycles. The summed E-state index contributed by atoms with van der Waals surface area (Å²) in [5.41, 5.74) is 0.443. The normalized spacial score (nSPS) is 15.2. The first-order chi connectivity index (χ1) is 12.4. The average molecular weight is 398 g/mol. The first-order valence-electron chi connectivity index (χ1n) is 8.09. The van der Waals surface area contributed by atoms with Crippen molar-refractivity contribution < 1.29 is 22.3 Å². The standard InChI is InChI=1S/C18H17ClFNO4S/c19-17-7-6-15(26(23,24)21-8-1-2-9-21)11-16(17)18(22)25-12-13-4-3-5-14(20)10-13/h3-7,10-11H,1-2,8-9,12H2. The molecule has 2 aromatic carbocycles. The Labute approximate surface area is 156 Å². The quantitative estimate of drug-likeness (QED) is 0.723. The van der Waals surface area contributed by atoms with Gasteiger partial charge in [0.15, 0.2) is 0 Å². The number of rotatable bonds is 5. The highest BCUT2D eigenvalue weighted by molar-refractivity contribution is 7.89. The van der Waals surface area contributed by atoms with Crippen LogP contribution in [0.5, 0.6) is 0 Å². The van der Waals surface area contributed by atoms with Crippen LogP contribution in [-0.2, 0) is 21.4 Å². The number of sulfonamides is 1. The van der Waals surface area contributed by atoms with E-state index in [0.29, 0.717) is 18.7 Å². The molecular formula is C18H17ClFNO4S. The Morgan fingerprint density at radius 3 is 2.58 bits per heavy atom. The highest BCUT2D eigenvalue weighted by Gasteiger charge is 2.28. The number of ether oxygens (including phenoxy) is 1. The van der Waals surface area contributed by atoms with E-state index in [2.05, 4.69) is 0 Å². The molecule has 0 amide bonds. The lowest BCUT2D eigenvalue weighted by atomic mass is 10.2. The summed E-state index contributed by atoms with van der Waals surface area (Å²) in [7, 11) is -3.67. The van der Waals surface area contributed by atoms with E-state index >= 15 is 0 Å². The van der Waals surface area contributed by atoms with Gasteiger partial charge in [0.2, 0.25) is 10.0 Å². The molecule has 1 fully saturated rings. The lowest BCUT2D eigenvalue weighted by Gasteiger charge is -2.16. The smallest absolute Gasteiger partial charge is 0.340 e. The Balaban J connectivity index is 1.79. The molecule has 2 aromatic rings. The minimum atomic E-state index is -3.67. The van der Waals surface area contributed by atoms with Crippen LogP contribution >= 0.6 is 11.6 Å². The minimum Gasteiger partial charge on any atom is -0.457 e. The van der Waals surface area contributed by atoms with E-state index in [1.165, 1.54) is 40.7 Å². The van der Waals surface area contributed by atoms with E-state index in [1.807, 2.05) is 0 Å². The van der Waals surface area contributed by atoms with Gasteiger partial charge in [-0.2, -0.15) is 4.31 Å². The maximum atomic E-state index is 13.2. The van der Waals surface area contributed by atoms with Crippen molar-refractivity contribution in [3.63, 3.8) is 0 Å². The van der Waals surface area contributed by atoms with Gasteiger partial charge in [-0.15, -0.1) is 0 Å². The molecule has 0 unspecified atom stereocenters. The second-order valence-corrected chi connectivity index (χ2v) is 8.30. The fourth-order valence-corrected chi connectivity index (χ4v) is 4.49. The maximum Gasteiger partial charge on any atom is 0.340 e. The highest BCUT2D eigenvalue weighted by atomic mass is 35.5. The summed E-state index contributed by atoms with van der Waals surface area (Å²) < 4.78 is 45.0. The van der Waals surface area contributed by atoms with Crippen molar-refractivity contribution in [3.8, 4) is 0 Å². The molecule has 26 heavy (non-hydrogen) atoms. The number of carbonyl (C=O) groups excluding carboxylic acids is 1. The Bertz CT molecular complexity index is 927. The molecule has 0 aliphatic carbocycles. The largest absolute Gasteiger partial charge is 0.457 e. The summed E-state index contributed by atoms with van der Waals surface area (Å²) >= 11 is 6.04. The predicted molar refractivity (Wildman–Crippen MR) is 95.0 cm³/mol. The van der Waals surface area contributed by atoms with Gasteiger partial charge in [-0.1, -0.05) is 23.7 Å². The lowest BCUT2D eigenvalue weighted by molar-refractivity contribution is 0.0472. The molecule has 138 valence electrons. The van der Waals surface area contributed by atoms with E-state index in [-0.39, 0.29) is 22.1 Å². The first-order valence-corrected chi connectivity index (χ1v) is 9.91. The van der Waals surface area contributed by atoms with Crippen LogP contribution < -0.4 is 0 Å². The SMILES string of the molecule is O=C(OCc1cccc(F)c1)c1cc(S(=O)(=O)N2CCCC2)ccc1Cl. The van der Waals surface area contributed by atoms with Crippen LogP contribution in [0.4, 0.5) is 4.39 Å². The summed E-state index contributed by atoms with van der Waals surface area (Å²) in [5.74, 6) is -1.20. The zero-order valence-electron chi connectivity index (χ0n) is 13.8. The molecular weight excluding hydrogens is 381 g/mol. The van der Waals surface area contributed by atoms with Gasteiger partial charge in [-0.05, 0) is 48.7 Å². The topological polar surface area (TPSA) is 63.7 Å². The summed E-state index contributed by atoms with van der Waals surface area (Å²) in [6.45, 7) is 0.782. The maximum absolute atomic E-state index is 13.2. The summed E-state index contributed by atoms with van der Waals surface area (Å²) in [5, 5.41) is 0.0922. The molecule has 1 aliphatic rings. The predicted octanol–water partition coefficient (Wildman–Crippen LogP) is 3.62. The lowest BCUT2D eigenvalue weighted by Crippen LogP contribution is -2.28. The van der Waals surface area contributed by atoms with Crippen LogP contribution in [0.2, 0.25) is 5.02 Å². The number of benzene rings is 2. The third-order valence-electron chi connectivity index (χ3n) is 4.12. The zero-order valence-corrected chi connectivity index (χ0v) is 15.4. The molecule has 0 radical (unpaired) electrons. The Kier molecular flexibility index (Phi) is 5.60. The van der Waals surface area contributed by atoms with Gasteiger partial charge in [0, 0.05) is 13.1 Å². The molecule has 1 aliphatic heterocycles. The first kappa shape index (κ1) is 18.8. The molecule has 5 nitrogen and oxygen atoms in total. The van der Waals surface area contributed by atoms with Crippen molar-refractivity contribution in [1.82, 2.24) is 4.31 Å². The van der Waals surface area contributed by atoms with Crippen LogP contribution in [-0.4, -0.2) is 31.8 Å². The van der Waals surface area contributed by atoms with Crippen LogP contribution in [0.3, 0.4) is 0 Å². The molecule has 3 rings (SSSR count). The van der Waals surface area contributed by atoms with Crippen LogP contribution in [0.25, 0.3) is 0 Å². The Hall–Kier alpha value is -1.96. The molecule has 8 heteroatoms. The van der Waals surface area contributed by atoms with Crippen molar-refractivity contribution in [2.45, 2.75) is 24.3 Å². The zero-order chi connectivity index (χ0) is 18.7. The molecule has 1 heterocycles. The van der Waals surface area contributed by atoms with Gasteiger partial charge in [-0.3, -0.25) is 0 Å². The number of hydrogen-bond donors (Lipinski definition) is 0. The van der Waals surface area contributed by atoms with Gasteiger partial charge >= 0.3 is 5.97 Å². The molecule has 0 bridgehead atoms. The second kappa shape index (κ2) is 7.73. The minimum absolute atomic E-state index is 0.00139. The van der Waals surface area contributed by atoms with Gasteiger partial charge in [0.25, 0.3) is 0 Å². The number of carbonyl (C=O) groups is 1. The monoisotopic (exact) mass is 397 g/mol. The van der Waals surface area contributed by atoms with Crippen LogP contribution in [0.1, 0.15) is 28.8 Å². The Morgan fingerprint density at radius 2 is 1.88 bits per heavy atom. The number of hydrogen-bond acceptors (Lipinski definition) is 4. The summed E-state index contributed by atoms with van der Waals surface area (Å²) in [6, 6.07) is 9.63. The van der Waals surface area contributed by atoms with Crippen LogP contribution in [0.15, 0.2) is 47.4 Å².